The summed E-state index contributed by atoms with van der Waals surface area (Å²) in [5.41, 5.74) is 7.54. The summed E-state index contributed by atoms with van der Waals surface area (Å²) < 4.78 is 2.12. The molecule has 5 aromatic rings. The zero-order valence-corrected chi connectivity index (χ0v) is 26.8. The zero-order valence-electron chi connectivity index (χ0n) is 26.8. The molecule has 10 heteroatoms. The molecule has 1 unspecified atom stereocenters. The fourth-order valence-corrected chi connectivity index (χ4v) is 7.56. The van der Waals surface area contributed by atoms with Gasteiger partial charge in [-0.2, -0.15) is 0 Å². The van der Waals surface area contributed by atoms with Crippen LogP contribution in [0.4, 0.5) is 11.4 Å². The number of aromatic hydroxyl groups is 1. The van der Waals surface area contributed by atoms with Crippen LogP contribution in [0.1, 0.15) is 37.2 Å². The lowest BCUT2D eigenvalue weighted by molar-refractivity contribution is -0.134. The molecule has 3 fully saturated rings. The lowest BCUT2D eigenvalue weighted by atomic mass is 9.90. The van der Waals surface area contributed by atoms with Crippen molar-refractivity contribution in [3.63, 3.8) is 0 Å². The summed E-state index contributed by atoms with van der Waals surface area (Å²) in [6.07, 6.45) is 5.30. The van der Waals surface area contributed by atoms with Gasteiger partial charge in [-0.25, -0.2) is 0 Å². The summed E-state index contributed by atoms with van der Waals surface area (Å²) in [4.78, 5) is 31.4. The van der Waals surface area contributed by atoms with Crippen molar-refractivity contribution in [2.24, 2.45) is 0 Å². The topological polar surface area (TPSA) is 107 Å². The molecule has 2 amide bonds. The van der Waals surface area contributed by atoms with Crippen LogP contribution in [0.25, 0.3) is 28.0 Å². The molecule has 0 aliphatic carbocycles. The highest BCUT2D eigenvalue weighted by Gasteiger charge is 2.30. The number of nitrogens with one attached hydrogen (secondary N) is 1. The number of rotatable bonds is 6. The standard InChI is InChI=1S/C38H39N7O3/c46-36-4-2-1-3-32(36)34-25-35-33(40-41-34)17-20-45(35)30-11-9-28(10-12-30)42-18-15-29(16-19-42)44-23-21-43(22-24-44)27-7-5-26(6-8-27)31-13-14-37(47)39-38(31)48/h1-12,17,20,25,29,31,46H,13-16,18-19,21-24H2,(H,39,47,48). The van der Waals surface area contributed by atoms with E-state index in [0.29, 0.717) is 30.1 Å². The Kier molecular flexibility index (Phi) is 8.01. The molecule has 48 heavy (non-hydrogen) atoms. The number of hydrogen-bond acceptors (Lipinski definition) is 8. The van der Waals surface area contributed by atoms with E-state index in [2.05, 4.69) is 71.2 Å². The first-order valence-corrected chi connectivity index (χ1v) is 16.9. The fourth-order valence-electron chi connectivity index (χ4n) is 7.56. The summed E-state index contributed by atoms with van der Waals surface area (Å²) in [5.74, 6) is -0.405. The van der Waals surface area contributed by atoms with Crippen LogP contribution >= 0.6 is 0 Å². The van der Waals surface area contributed by atoms with Crippen LogP contribution in [0.15, 0.2) is 91.1 Å². The van der Waals surface area contributed by atoms with Crippen molar-refractivity contribution in [1.29, 1.82) is 0 Å². The van der Waals surface area contributed by atoms with Gasteiger partial charge >= 0.3 is 0 Å². The number of carbonyl (C=O) groups excluding carboxylic acids is 2. The molecule has 3 saturated heterocycles. The van der Waals surface area contributed by atoms with Crippen molar-refractivity contribution in [2.75, 3.05) is 49.1 Å². The second kappa shape index (κ2) is 12.8. The highest BCUT2D eigenvalue weighted by atomic mass is 16.3. The smallest absolute Gasteiger partial charge is 0.234 e. The number of aromatic nitrogens is 3. The number of imide groups is 1. The third kappa shape index (κ3) is 5.88. The number of anilines is 2. The minimum Gasteiger partial charge on any atom is -0.507 e. The van der Waals surface area contributed by atoms with E-state index in [1.807, 2.05) is 42.6 Å². The molecule has 1 atom stereocenters. The average Bonchev–Trinajstić information content (AvgIpc) is 3.56. The van der Waals surface area contributed by atoms with Gasteiger partial charge in [0.2, 0.25) is 11.8 Å². The van der Waals surface area contributed by atoms with Crippen LogP contribution in [-0.4, -0.2) is 81.9 Å². The van der Waals surface area contributed by atoms with E-state index < -0.39 is 0 Å². The van der Waals surface area contributed by atoms with Crippen LogP contribution in [0.3, 0.4) is 0 Å². The molecule has 2 aromatic heterocycles. The van der Waals surface area contributed by atoms with E-state index >= 15 is 0 Å². The van der Waals surface area contributed by atoms with Crippen LogP contribution < -0.4 is 15.1 Å². The number of piperazine rings is 1. The quantitative estimate of drug-likeness (QED) is 0.247. The van der Waals surface area contributed by atoms with Gasteiger partial charge in [-0.3, -0.25) is 19.8 Å². The average molecular weight is 642 g/mol. The molecule has 244 valence electrons. The van der Waals surface area contributed by atoms with E-state index in [1.54, 1.807) is 12.1 Å². The molecule has 10 nitrogen and oxygen atoms in total. The monoisotopic (exact) mass is 641 g/mol. The maximum absolute atomic E-state index is 12.3. The summed E-state index contributed by atoms with van der Waals surface area (Å²) in [6, 6.07) is 28.9. The molecular formula is C38H39N7O3. The maximum Gasteiger partial charge on any atom is 0.234 e. The highest BCUT2D eigenvalue weighted by molar-refractivity contribution is 6.01. The number of piperidine rings is 2. The Labute approximate surface area is 279 Å². The highest BCUT2D eigenvalue weighted by Crippen LogP contribution is 2.31. The van der Waals surface area contributed by atoms with Gasteiger partial charge < -0.3 is 19.5 Å². The summed E-state index contributed by atoms with van der Waals surface area (Å²) in [7, 11) is 0. The lowest BCUT2D eigenvalue weighted by Crippen LogP contribution is -2.53. The zero-order chi connectivity index (χ0) is 32.6. The normalized spacial score (nSPS) is 19.5. The Hall–Kier alpha value is -5.22. The molecule has 0 radical (unpaired) electrons. The minimum atomic E-state index is -0.238. The van der Waals surface area contributed by atoms with Crippen molar-refractivity contribution in [3.05, 3.63) is 96.7 Å². The van der Waals surface area contributed by atoms with Gasteiger partial charge in [-0.05, 0) is 85.5 Å². The number of amides is 2. The molecule has 0 bridgehead atoms. The number of nitrogens with zero attached hydrogens (tertiary/aromatic N) is 6. The number of carbonyl (C=O) groups is 2. The summed E-state index contributed by atoms with van der Waals surface area (Å²) in [5, 5.41) is 21.5. The van der Waals surface area contributed by atoms with Crippen LogP contribution in [0, 0.1) is 0 Å². The number of phenols is 1. The third-order valence-corrected chi connectivity index (χ3v) is 10.3. The van der Waals surface area contributed by atoms with Gasteiger partial charge in [0.05, 0.1) is 17.1 Å². The van der Waals surface area contributed by atoms with Crippen LogP contribution in [0.2, 0.25) is 0 Å². The Bertz CT molecular complexity index is 1940. The molecular weight excluding hydrogens is 602 g/mol. The Morgan fingerprint density at radius 3 is 2.08 bits per heavy atom. The van der Waals surface area contributed by atoms with Gasteiger partial charge in [0.25, 0.3) is 0 Å². The first kappa shape index (κ1) is 30.1. The van der Waals surface area contributed by atoms with E-state index in [9.17, 15) is 14.7 Å². The van der Waals surface area contributed by atoms with E-state index in [-0.39, 0.29) is 23.5 Å². The van der Waals surface area contributed by atoms with Crippen molar-refractivity contribution in [3.8, 4) is 22.7 Å². The van der Waals surface area contributed by atoms with E-state index in [0.717, 1.165) is 74.4 Å². The predicted molar refractivity (Wildman–Crippen MR) is 187 cm³/mol. The third-order valence-electron chi connectivity index (χ3n) is 10.3. The van der Waals surface area contributed by atoms with E-state index in [4.69, 9.17) is 0 Å². The molecule has 5 heterocycles. The largest absolute Gasteiger partial charge is 0.507 e. The minimum absolute atomic E-state index is 0.175. The number of para-hydroxylation sites is 1. The van der Waals surface area contributed by atoms with Gasteiger partial charge in [0.1, 0.15) is 11.3 Å². The van der Waals surface area contributed by atoms with Crippen molar-refractivity contribution < 1.29 is 14.7 Å². The second-order valence-electron chi connectivity index (χ2n) is 13.1. The molecule has 0 saturated carbocycles. The number of phenolic OH excluding ortho intramolecular Hbond substituents is 1. The number of benzene rings is 3. The fraction of sp³-hybridized carbons (Fsp3) is 0.316. The van der Waals surface area contributed by atoms with Gasteiger partial charge in [-0.1, -0.05) is 24.3 Å². The maximum atomic E-state index is 12.3. The van der Waals surface area contributed by atoms with Gasteiger partial charge in [0, 0.05) is 80.6 Å². The SMILES string of the molecule is O=C1CCC(c2ccc(N3CCN(C4CCN(c5ccc(-n6ccc7nnc(-c8ccccc8O)cc76)cc5)CC4)CC3)cc2)C(=O)N1. The molecule has 0 spiro atoms. The molecule has 8 rings (SSSR count). The Balaban J connectivity index is 0.856. The number of hydrogen-bond donors (Lipinski definition) is 2. The summed E-state index contributed by atoms with van der Waals surface area (Å²) in [6.45, 7) is 6.17. The first-order valence-electron chi connectivity index (χ1n) is 16.9. The van der Waals surface area contributed by atoms with Crippen molar-refractivity contribution >= 4 is 34.2 Å². The Morgan fingerprint density at radius 1 is 0.708 bits per heavy atom. The second-order valence-corrected chi connectivity index (χ2v) is 13.1. The lowest BCUT2D eigenvalue weighted by Gasteiger charge is -2.44. The predicted octanol–water partition coefficient (Wildman–Crippen LogP) is 5.10. The van der Waals surface area contributed by atoms with Gasteiger partial charge in [0.15, 0.2) is 0 Å². The van der Waals surface area contributed by atoms with Crippen LogP contribution in [0.5, 0.6) is 5.75 Å². The van der Waals surface area contributed by atoms with E-state index in [1.165, 1.54) is 11.4 Å². The van der Waals surface area contributed by atoms with Crippen molar-refractivity contribution in [2.45, 2.75) is 37.6 Å². The Morgan fingerprint density at radius 2 is 1.38 bits per heavy atom. The summed E-state index contributed by atoms with van der Waals surface area (Å²) >= 11 is 0. The molecule has 3 aromatic carbocycles. The van der Waals surface area contributed by atoms with Crippen molar-refractivity contribution in [1.82, 2.24) is 25.0 Å². The molecule has 3 aliphatic rings. The molecule has 2 N–H and O–H groups in total. The van der Waals surface area contributed by atoms with Crippen LogP contribution in [-0.2, 0) is 9.59 Å². The number of fused-ring (bicyclic) bond motifs is 1. The first-order chi connectivity index (χ1) is 23.5. The van der Waals surface area contributed by atoms with Gasteiger partial charge in [-0.15, -0.1) is 10.2 Å². The molecule has 3 aliphatic heterocycles.